The summed E-state index contributed by atoms with van der Waals surface area (Å²) in [5.74, 6) is -0.966. The summed E-state index contributed by atoms with van der Waals surface area (Å²) in [6.07, 6.45) is 0.930. The van der Waals surface area contributed by atoms with E-state index in [2.05, 4.69) is 4.72 Å². The molecular weight excluding hydrogens is 400 g/mol. The fourth-order valence-electron chi connectivity index (χ4n) is 3.39. The van der Waals surface area contributed by atoms with Gasteiger partial charge in [0, 0.05) is 32.6 Å². The van der Waals surface area contributed by atoms with Crippen molar-refractivity contribution in [2.24, 2.45) is 0 Å². The van der Waals surface area contributed by atoms with Crippen LogP contribution in [0.1, 0.15) is 18.0 Å². The first-order chi connectivity index (χ1) is 13.7. The first-order valence-corrected chi connectivity index (χ1v) is 11.1. The number of amides is 1. The second-order valence-corrected chi connectivity index (χ2v) is 8.80. The number of hydrogen-bond donors (Lipinski definition) is 1. The number of benzene rings is 2. The number of nitrogens with zero attached hydrogens (tertiary/aromatic N) is 2. The van der Waals surface area contributed by atoms with Crippen molar-refractivity contribution in [1.82, 2.24) is 9.62 Å². The first kappa shape index (κ1) is 21.2. The van der Waals surface area contributed by atoms with Gasteiger partial charge in [-0.1, -0.05) is 24.3 Å². The van der Waals surface area contributed by atoms with Crippen molar-refractivity contribution in [2.45, 2.75) is 12.5 Å². The standard InChI is InChI=1S/C20H23F2N3O3S/c1-29(27,28)23-18(15-6-8-16(21)9-7-15)14-20(26)25-12-10-24(11-13-25)19-5-3-2-4-17(19)22/h2-9,18,23H,10-14H2,1H3/t18-/m0/s1. The fraction of sp³-hybridized carbons (Fsp3) is 0.350. The lowest BCUT2D eigenvalue weighted by molar-refractivity contribution is -0.132. The van der Waals surface area contributed by atoms with Gasteiger partial charge in [-0.2, -0.15) is 0 Å². The molecular formula is C20H23F2N3O3S. The summed E-state index contributed by atoms with van der Waals surface area (Å²) < 4.78 is 53.0. The fourth-order valence-corrected chi connectivity index (χ4v) is 4.13. The van der Waals surface area contributed by atoms with Gasteiger partial charge in [0.2, 0.25) is 15.9 Å². The van der Waals surface area contributed by atoms with E-state index in [1.807, 2.05) is 4.90 Å². The maximum atomic E-state index is 14.0. The summed E-state index contributed by atoms with van der Waals surface area (Å²) in [5, 5.41) is 0. The Bertz CT molecular complexity index is 959. The largest absolute Gasteiger partial charge is 0.366 e. The van der Waals surface area contributed by atoms with Crippen LogP contribution in [0.5, 0.6) is 0 Å². The number of para-hydroxylation sites is 1. The van der Waals surface area contributed by atoms with Gasteiger partial charge in [-0.25, -0.2) is 21.9 Å². The topological polar surface area (TPSA) is 69.7 Å². The number of hydrogen-bond acceptors (Lipinski definition) is 4. The third-order valence-corrected chi connectivity index (χ3v) is 5.55. The lowest BCUT2D eigenvalue weighted by Crippen LogP contribution is -2.49. The molecule has 0 radical (unpaired) electrons. The van der Waals surface area contributed by atoms with Crippen LogP contribution < -0.4 is 9.62 Å². The van der Waals surface area contributed by atoms with E-state index >= 15 is 0 Å². The predicted octanol–water partition coefficient (Wildman–Crippen LogP) is 2.29. The molecule has 1 amide bonds. The quantitative estimate of drug-likeness (QED) is 0.774. The maximum Gasteiger partial charge on any atom is 0.224 e. The molecule has 2 aromatic carbocycles. The monoisotopic (exact) mass is 423 g/mol. The molecule has 9 heteroatoms. The van der Waals surface area contributed by atoms with E-state index in [9.17, 15) is 22.0 Å². The van der Waals surface area contributed by atoms with Gasteiger partial charge in [0.1, 0.15) is 11.6 Å². The highest BCUT2D eigenvalue weighted by molar-refractivity contribution is 7.88. The SMILES string of the molecule is CS(=O)(=O)N[C@@H](CC(=O)N1CCN(c2ccccc2F)CC1)c1ccc(F)cc1. The van der Waals surface area contributed by atoms with Crippen molar-refractivity contribution in [3.05, 3.63) is 65.7 Å². The second-order valence-electron chi connectivity index (χ2n) is 7.02. The number of carbonyl (C=O) groups is 1. The number of piperazine rings is 1. The Morgan fingerprint density at radius 2 is 1.66 bits per heavy atom. The molecule has 0 bridgehead atoms. The van der Waals surface area contributed by atoms with Crippen molar-refractivity contribution < 1.29 is 22.0 Å². The van der Waals surface area contributed by atoms with Crippen LogP contribution in [0.4, 0.5) is 14.5 Å². The molecule has 1 aliphatic rings. The Morgan fingerprint density at radius 3 is 2.24 bits per heavy atom. The van der Waals surface area contributed by atoms with Gasteiger partial charge in [-0.15, -0.1) is 0 Å². The summed E-state index contributed by atoms with van der Waals surface area (Å²) in [6, 6.07) is 11.1. The summed E-state index contributed by atoms with van der Waals surface area (Å²) in [5.41, 5.74) is 1.01. The number of rotatable bonds is 6. The molecule has 2 aromatic rings. The number of sulfonamides is 1. The van der Waals surface area contributed by atoms with Gasteiger partial charge in [-0.05, 0) is 29.8 Å². The number of halogens is 2. The Morgan fingerprint density at radius 1 is 1.03 bits per heavy atom. The molecule has 0 aliphatic carbocycles. The summed E-state index contributed by atoms with van der Waals surface area (Å²) in [7, 11) is -3.57. The van der Waals surface area contributed by atoms with Crippen LogP contribution in [0.25, 0.3) is 0 Å². The molecule has 0 aromatic heterocycles. The molecule has 1 atom stereocenters. The lowest BCUT2D eigenvalue weighted by Gasteiger charge is -2.36. The Hall–Kier alpha value is -2.52. The van der Waals surface area contributed by atoms with Gasteiger partial charge >= 0.3 is 0 Å². The van der Waals surface area contributed by atoms with Crippen LogP contribution in [-0.2, 0) is 14.8 Å². The summed E-state index contributed by atoms with van der Waals surface area (Å²) >= 11 is 0. The van der Waals surface area contributed by atoms with E-state index in [1.165, 1.54) is 30.3 Å². The highest BCUT2D eigenvalue weighted by Crippen LogP contribution is 2.23. The van der Waals surface area contributed by atoms with E-state index in [4.69, 9.17) is 0 Å². The average Bonchev–Trinajstić information content (AvgIpc) is 2.67. The molecule has 6 nitrogen and oxygen atoms in total. The minimum atomic E-state index is -3.57. The third-order valence-electron chi connectivity index (χ3n) is 4.83. The molecule has 1 fully saturated rings. The van der Waals surface area contributed by atoms with E-state index in [1.54, 1.807) is 23.1 Å². The summed E-state index contributed by atoms with van der Waals surface area (Å²) in [4.78, 5) is 16.3. The van der Waals surface area contributed by atoms with Crippen LogP contribution in [0.15, 0.2) is 48.5 Å². The third kappa shape index (κ3) is 5.74. The molecule has 29 heavy (non-hydrogen) atoms. The number of carbonyl (C=O) groups excluding carboxylic acids is 1. The molecule has 0 unspecified atom stereocenters. The molecule has 1 N–H and O–H groups in total. The molecule has 1 aliphatic heterocycles. The zero-order valence-corrected chi connectivity index (χ0v) is 16.8. The van der Waals surface area contributed by atoms with E-state index in [-0.39, 0.29) is 18.1 Å². The molecule has 3 rings (SSSR count). The maximum absolute atomic E-state index is 14.0. The van der Waals surface area contributed by atoms with Crippen LogP contribution in [-0.4, -0.2) is 51.7 Å². The van der Waals surface area contributed by atoms with Crippen molar-refractivity contribution in [2.75, 3.05) is 37.3 Å². The predicted molar refractivity (Wildman–Crippen MR) is 107 cm³/mol. The van der Waals surface area contributed by atoms with Crippen LogP contribution in [0.3, 0.4) is 0 Å². The zero-order chi connectivity index (χ0) is 21.0. The highest BCUT2D eigenvalue weighted by Gasteiger charge is 2.26. The van der Waals surface area contributed by atoms with Gasteiger partial charge in [0.15, 0.2) is 0 Å². The van der Waals surface area contributed by atoms with E-state index in [0.717, 1.165) is 6.26 Å². The minimum absolute atomic E-state index is 0.0849. The van der Waals surface area contributed by atoms with E-state index in [0.29, 0.717) is 37.4 Å². The van der Waals surface area contributed by atoms with Crippen LogP contribution in [0, 0.1) is 11.6 Å². The second kappa shape index (κ2) is 8.87. The first-order valence-electron chi connectivity index (χ1n) is 9.23. The number of anilines is 1. The Labute approximate surface area is 169 Å². The van der Waals surface area contributed by atoms with Crippen molar-refractivity contribution in [3.63, 3.8) is 0 Å². The molecule has 1 heterocycles. The highest BCUT2D eigenvalue weighted by atomic mass is 32.2. The molecule has 1 saturated heterocycles. The normalized spacial score (nSPS) is 16.0. The van der Waals surface area contributed by atoms with Gasteiger partial charge < -0.3 is 9.80 Å². The molecule has 0 saturated carbocycles. The average molecular weight is 423 g/mol. The molecule has 156 valence electrons. The van der Waals surface area contributed by atoms with Crippen LogP contribution >= 0.6 is 0 Å². The number of nitrogens with one attached hydrogen (secondary N) is 1. The van der Waals surface area contributed by atoms with Crippen molar-refractivity contribution >= 4 is 21.6 Å². The van der Waals surface area contributed by atoms with Gasteiger partial charge in [-0.3, -0.25) is 4.79 Å². The smallest absolute Gasteiger partial charge is 0.224 e. The minimum Gasteiger partial charge on any atom is -0.366 e. The van der Waals surface area contributed by atoms with Crippen LogP contribution in [0.2, 0.25) is 0 Å². The molecule has 0 spiro atoms. The Kier molecular flexibility index (Phi) is 6.49. The van der Waals surface area contributed by atoms with Gasteiger partial charge in [0.25, 0.3) is 0 Å². The lowest BCUT2D eigenvalue weighted by atomic mass is 10.0. The Balaban J connectivity index is 1.66. The summed E-state index contributed by atoms with van der Waals surface area (Å²) in [6.45, 7) is 1.77. The van der Waals surface area contributed by atoms with Gasteiger partial charge in [0.05, 0.1) is 18.0 Å². The van der Waals surface area contributed by atoms with E-state index < -0.39 is 21.9 Å². The van der Waals surface area contributed by atoms with Crippen molar-refractivity contribution in [3.8, 4) is 0 Å². The van der Waals surface area contributed by atoms with Crippen molar-refractivity contribution in [1.29, 1.82) is 0 Å². The zero-order valence-electron chi connectivity index (χ0n) is 16.0.